The summed E-state index contributed by atoms with van der Waals surface area (Å²) in [5.74, 6) is 1.17. The predicted molar refractivity (Wildman–Crippen MR) is 67.4 cm³/mol. The van der Waals surface area contributed by atoms with Crippen LogP contribution in [0.15, 0.2) is 0 Å². The molecule has 0 aliphatic heterocycles. The van der Waals surface area contributed by atoms with Gasteiger partial charge in [0, 0.05) is 19.1 Å². The first-order valence-electron chi connectivity index (χ1n) is 6.72. The van der Waals surface area contributed by atoms with E-state index in [4.69, 9.17) is 0 Å². The molecule has 16 heavy (non-hydrogen) atoms. The maximum Gasteiger partial charge on any atom is 0.236 e. The number of carbonyl (C=O) groups is 1. The summed E-state index contributed by atoms with van der Waals surface area (Å²) in [6.07, 6.45) is 5.16. The molecular weight excluding hydrogens is 200 g/mol. The fourth-order valence-electron chi connectivity index (χ4n) is 2.07. The van der Waals surface area contributed by atoms with E-state index in [1.807, 2.05) is 18.7 Å². The highest BCUT2D eigenvalue weighted by Gasteiger charge is 2.24. The maximum atomic E-state index is 11.8. The molecule has 3 heteroatoms. The fourth-order valence-corrected chi connectivity index (χ4v) is 2.07. The molecule has 3 nitrogen and oxygen atoms in total. The lowest BCUT2D eigenvalue weighted by Gasteiger charge is -2.21. The summed E-state index contributed by atoms with van der Waals surface area (Å²) in [7, 11) is 0. The Morgan fingerprint density at radius 3 is 2.38 bits per heavy atom. The van der Waals surface area contributed by atoms with E-state index in [-0.39, 0.29) is 5.91 Å². The standard InChI is InChI=1S/C13H26N2O/c1-4-12(9-11-7-8-11)14-10-13(16)15(5-2)6-3/h11-12,14H,4-10H2,1-3H3. The van der Waals surface area contributed by atoms with Crippen LogP contribution < -0.4 is 5.32 Å². The molecule has 0 aromatic heterocycles. The molecule has 1 fully saturated rings. The molecule has 0 aromatic carbocycles. The maximum absolute atomic E-state index is 11.8. The van der Waals surface area contributed by atoms with Gasteiger partial charge in [0.1, 0.15) is 0 Å². The highest BCUT2D eigenvalue weighted by molar-refractivity contribution is 5.78. The van der Waals surface area contributed by atoms with Crippen molar-refractivity contribution in [2.75, 3.05) is 19.6 Å². The number of nitrogens with one attached hydrogen (secondary N) is 1. The Labute approximate surface area is 99.6 Å². The van der Waals surface area contributed by atoms with Crippen LogP contribution >= 0.6 is 0 Å². The molecule has 1 aliphatic rings. The van der Waals surface area contributed by atoms with Crippen molar-refractivity contribution in [3.8, 4) is 0 Å². The topological polar surface area (TPSA) is 32.3 Å². The Morgan fingerprint density at radius 2 is 1.94 bits per heavy atom. The molecule has 1 atom stereocenters. The Morgan fingerprint density at radius 1 is 1.31 bits per heavy atom. The highest BCUT2D eigenvalue weighted by atomic mass is 16.2. The number of carbonyl (C=O) groups excluding carboxylic acids is 1. The van der Waals surface area contributed by atoms with E-state index in [1.54, 1.807) is 0 Å². The predicted octanol–water partition coefficient (Wildman–Crippen LogP) is 2.02. The van der Waals surface area contributed by atoms with Crippen molar-refractivity contribution < 1.29 is 4.79 Å². The summed E-state index contributed by atoms with van der Waals surface area (Å²) >= 11 is 0. The van der Waals surface area contributed by atoms with Gasteiger partial charge < -0.3 is 10.2 Å². The minimum atomic E-state index is 0.235. The minimum Gasteiger partial charge on any atom is -0.342 e. The van der Waals surface area contributed by atoms with Crippen molar-refractivity contribution in [1.29, 1.82) is 0 Å². The Kier molecular flexibility index (Phi) is 5.81. The minimum absolute atomic E-state index is 0.235. The summed E-state index contributed by atoms with van der Waals surface area (Å²) in [5, 5.41) is 3.40. The van der Waals surface area contributed by atoms with Crippen LogP contribution in [0.25, 0.3) is 0 Å². The molecule has 0 bridgehead atoms. The second-order valence-corrected chi connectivity index (χ2v) is 4.73. The van der Waals surface area contributed by atoms with Crippen LogP contribution in [0.3, 0.4) is 0 Å². The van der Waals surface area contributed by atoms with Crippen molar-refractivity contribution in [2.45, 2.75) is 52.5 Å². The monoisotopic (exact) mass is 226 g/mol. The molecule has 1 aliphatic carbocycles. The zero-order valence-electron chi connectivity index (χ0n) is 11.0. The largest absolute Gasteiger partial charge is 0.342 e. The van der Waals surface area contributed by atoms with Gasteiger partial charge >= 0.3 is 0 Å². The normalized spacial score (nSPS) is 17.2. The third-order valence-electron chi connectivity index (χ3n) is 3.47. The van der Waals surface area contributed by atoms with Gasteiger partial charge in [0.2, 0.25) is 5.91 Å². The van der Waals surface area contributed by atoms with E-state index in [0.717, 1.165) is 25.4 Å². The van der Waals surface area contributed by atoms with Crippen molar-refractivity contribution >= 4 is 5.91 Å². The lowest BCUT2D eigenvalue weighted by molar-refractivity contribution is -0.130. The van der Waals surface area contributed by atoms with Gasteiger partial charge in [-0.05, 0) is 32.6 Å². The van der Waals surface area contributed by atoms with E-state index in [2.05, 4.69) is 12.2 Å². The van der Waals surface area contributed by atoms with Crippen LogP contribution in [-0.2, 0) is 4.79 Å². The van der Waals surface area contributed by atoms with Gasteiger partial charge in [-0.1, -0.05) is 19.8 Å². The molecule has 0 saturated heterocycles. The molecule has 94 valence electrons. The van der Waals surface area contributed by atoms with Crippen LogP contribution in [0.1, 0.15) is 46.5 Å². The third-order valence-corrected chi connectivity index (χ3v) is 3.47. The second-order valence-electron chi connectivity index (χ2n) is 4.73. The first kappa shape index (κ1) is 13.5. The van der Waals surface area contributed by atoms with Gasteiger partial charge in [-0.3, -0.25) is 4.79 Å². The van der Waals surface area contributed by atoms with Gasteiger partial charge in [0.05, 0.1) is 6.54 Å². The Bertz CT molecular complexity index is 210. The van der Waals surface area contributed by atoms with Crippen LogP contribution in [0.2, 0.25) is 0 Å². The molecule has 0 radical (unpaired) electrons. The highest BCUT2D eigenvalue weighted by Crippen LogP contribution is 2.33. The van der Waals surface area contributed by atoms with E-state index in [9.17, 15) is 4.79 Å². The van der Waals surface area contributed by atoms with Crippen molar-refractivity contribution in [1.82, 2.24) is 10.2 Å². The molecule has 1 amide bonds. The average Bonchev–Trinajstić information content (AvgIpc) is 3.09. The number of amides is 1. The second kappa shape index (κ2) is 6.89. The zero-order chi connectivity index (χ0) is 12.0. The third kappa shape index (κ3) is 4.52. The smallest absolute Gasteiger partial charge is 0.236 e. The molecule has 1 saturated carbocycles. The van der Waals surface area contributed by atoms with Gasteiger partial charge in [0.25, 0.3) is 0 Å². The quantitative estimate of drug-likeness (QED) is 0.687. The molecule has 1 unspecified atom stereocenters. The van der Waals surface area contributed by atoms with Crippen molar-refractivity contribution in [3.05, 3.63) is 0 Å². The van der Waals surface area contributed by atoms with Gasteiger partial charge in [-0.25, -0.2) is 0 Å². The fraction of sp³-hybridized carbons (Fsp3) is 0.923. The average molecular weight is 226 g/mol. The van der Waals surface area contributed by atoms with Gasteiger partial charge in [-0.15, -0.1) is 0 Å². The first-order chi connectivity index (χ1) is 7.71. The van der Waals surface area contributed by atoms with Crippen LogP contribution in [-0.4, -0.2) is 36.5 Å². The van der Waals surface area contributed by atoms with Crippen LogP contribution in [0.4, 0.5) is 0 Å². The number of likely N-dealkylation sites (N-methyl/N-ethyl adjacent to an activating group) is 1. The van der Waals surface area contributed by atoms with E-state index in [0.29, 0.717) is 12.6 Å². The summed E-state index contributed by atoms with van der Waals surface area (Å²) in [4.78, 5) is 13.7. The molecular formula is C13H26N2O. The van der Waals surface area contributed by atoms with E-state index < -0.39 is 0 Å². The van der Waals surface area contributed by atoms with Gasteiger partial charge in [0.15, 0.2) is 0 Å². The Balaban J connectivity index is 2.21. The number of nitrogens with zero attached hydrogens (tertiary/aromatic N) is 1. The summed E-state index contributed by atoms with van der Waals surface area (Å²) in [5.41, 5.74) is 0. The molecule has 1 rings (SSSR count). The van der Waals surface area contributed by atoms with Gasteiger partial charge in [-0.2, -0.15) is 0 Å². The van der Waals surface area contributed by atoms with Crippen molar-refractivity contribution in [2.24, 2.45) is 5.92 Å². The number of rotatable bonds is 8. The van der Waals surface area contributed by atoms with Crippen LogP contribution in [0, 0.1) is 5.92 Å². The SMILES string of the molecule is CCC(CC1CC1)NCC(=O)N(CC)CC. The summed E-state index contributed by atoms with van der Waals surface area (Å²) in [6, 6.07) is 0.534. The lowest BCUT2D eigenvalue weighted by Crippen LogP contribution is -2.41. The van der Waals surface area contributed by atoms with E-state index >= 15 is 0 Å². The zero-order valence-corrected chi connectivity index (χ0v) is 11.0. The first-order valence-corrected chi connectivity index (χ1v) is 6.72. The molecule has 1 N–H and O–H groups in total. The number of hydrogen-bond acceptors (Lipinski definition) is 2. The van der Waals surface area contributed by atoms with Crippen molar-refractivity contribution in [3.63, 3.8) is 0 Å². The molecule has 0 spiro atoms. The summed E-state index contributed by atoms with van der Waals surface area (Å²) < 4.78 is 0. The summed E-state index contributed by atoms with van der Waals surface area (Å²) in [6.45, 7) is 8.40. The Hall–Kier alpha value is -0.570. The lowest BCUT2D eigenvalue weighted by atomic mass is 10.1. The van der Waals surface area contributed by atoms with Crippen LogP contribution in [0.5, 0.6) is 0 Å². The van der Waals surface area contributed by atoms with E-state index in [1.165, 1.54) is 19.3 Å². The molecule has 0 heterocycles. The molecule has 0 aromatic rings. The number of hydrogen-bond donors (Lipinski definition) is 1.